The Bertz CT molecular complexity index is 1090. The summed E-state index contributed by atoms with van der Waals surface area (Å²) < 4.78 is 7.68. The SMILES string of the molecule is Cn1c(C(=O)NCc2ccc(OCc3cccnc3)cc2)cc2ccccc21. The minimum atomic E-state index is -0.0874. The molecule has 0 saturated heterocycles. The smallest absolute Gasteiger partial charge is 0.268 e. The van der Waals surface area contributed by atoms with Gasteiger partial charge in [-0.15, -0.1) is 0 Å². The Balaban J connectivity index is 1.35. The van der Waals surface area contributed by atoms with E-state index in [-0.39, 0.29) is 5.91 Å². The summed E-state index contributed by atoms with van der Waals surface area (Å²) in [6, 6.07) is 21.5. The van der Waals surface area contributed by atoms with Crippen LogP contribution in [0.4, 0.5) is 0 Å². The number of aryl methyl sites for hydroxylation is 1. The Morgan fingerprint density at radius 3 is 2.61 bits per heavy atom. The lowest BCUT2D eigenvalue weighted by Crippen LogP contribution is -2.24. The third-order valence-electron chi connectivity index (χ3n) is 4.69. The molecule has 2 aromatic carbocycles. The van der Waals surface area contributed by atoms with Gasteiger partial charge in [0.25, 0.3) is 5.91 Å². The molecule has 2 aromatic heterocycles. The first kappa shape index (κ1) is 17.8. The Morgan fingerprint density at radius 2 is 1.86 bits per heavy atom. The molecule has 4 aromatic rings. The van der Waals surface area contributed by atoms with E-state index in [0.717, 1.165) is 27.8 Å². The highest BCUT2D eigenvalue weighted by Gasteiger charge is 2.12. The number of hydrogen-bond acceptors (Lipinski definition) is 3. The van der Waals surface area contributed by atoms with E-state index >= 15 is 0 Å². The van der Waals surface area contributed by atoms with Crippen LogP contribution in [0.1, 0.15) is 21.6 Å². The number of carbonyl (C=O) groups is 1. The van der Waals surface area contributed by atoms with E-state index in [1.807, 2.05) is 78.3 Å². The zero-order valence-corrected chi connectivity index (χ0v) is 15.6. The monoisotopic (exact) mass is 371 g/mol. The zero-order chi connectivity index (χ0) is 19.3. The second kappa shape index (κ2) is 7.96. The summed E-state index contributed by atoms with van der Waals surface area (Å²) in [7, 11) is 1.91. The fourth-order valence-corrected chi connectivity index (χ4v) is 3.13. The van der Waals surface area contributed by atoms with Crippen molar-refractivity contribution in [3.8, 4) is 5.75 Å². The summed E-state index contributed by atoms with van der Waals surface area (Å²) in [5.41, 5.74) is 3.73. The Labute approximate surface area is 163 Å². The van der Waals surface area contributed by atoms with Crippen LogP contribution in [-0.4, -0.2) is 15.5 Å². The first-order chi connectivity index (χ1) is 13.7. The lowest BCUT2D eigenvalue weighted by Gasteiger charge is -2.09. The van der Waals surface area contributed by atoms with E-state index in [9.17, 15) is 4.79 Å². The van der Waals surface area contributed by atoms with Crippen LogP contribution in [0.15, 0.2) is 79.1 Å². The lowest BCUT2D eigenvalue weighted by atomic mass is 10.2. The number of nitrogens with zero attached hydrogens (tertiary/aromatic N) is 2. The molecule has 0 aliphatic rings. The van der Waals surface area contributed by atoms with Crippen LogP contribution in [0.3, 0.4) is 0 Å². The van der Waals surface area contributed by atoms with Gasteiger partial charge in [0, 0.05) is 42.5 Å². The van der Waals surface area contributed by atoms with Crippen LogP contribution in [-0.2, 0) is 20.2 Å². The molecule has 5 heteroatoms. The summed E-state index contributed by atoms with van der Waals surface area (Å²) in [6.07, 6.45) is 3.53. The number of ether oxygens (including phenoxy) is 1. The van der Waals surface area contributed by atoms with Gasteiger partial charge in [-0.05, 0) is 35.9 Å². The average Bonchev–Trinajstić information content (AvgIpc) is 3.09. The highest BCUT2D eigenvalue weighted by atomic mass is 16.5. The molecule has 140 valence electrons. The van der Waals surface area contributed by atoms with Crippen molar-refractivity contribution < 1.29 is 9.53 Å². The van der Waals surface area contributed by atoms with E-state index in [1.165, 1.54) is 0 Å². The molecule has 0 atom stereocenters. The minimum Gasteiger partial charge on any atom is -0.489 e. The van der Waals surface area contributed by atoms with Crippen molar-refractivity contribution in [2.24, 2.45) is 7.05 Å². The van der Waals surface area contributed by atoms with Crippen molar-refractivity contribution in [2.75, 3.05) is 0 Å². The van der Waals surface area contributed by atoms with Crippen molar-refractivity contribution in [1.82, 2.24) is 14.9 Å². The maximum Gasteiger partial charge on any atom is 0.268 e. The van der Waals surface area contributed by atoms with Crippen LogP contribution >= 0.6 is 0 Å². The predicted octanol–water partition coefficient (Wildman–Crippen LogP) is 4.08. The molecular weight excluding hydrogens is 350 g/mol. The molecule has 28 heavy (non-hydrogen) atoms. The topological polar surface area (TPSA) is 56.2 Å². The number of rotatable bonds is 6. The second-order valence-corrected chi connectivity index (χ2v) is 6.62. The standard InChI is InChI=1S/C23H21N3O2/c1-26-21-7-3-2-6-19(21)13-22(26)23(27)25-15-17-8-10-20(11-9-17)28-16-18-5-4-12-24-14-18/h2-14H,15-16H2,1H3,(H,25,27). The molecular formula is C23H21N3O2. The van der Waals surface area contributed by atoms with Gasteiger partial charge in [-0.3, -0.25) is 9.78 Å². The van der Waals surface area contributed by atoms with Gasteiger partial charge in [0.05, 0.1) is 0 Å². The average molecular weight is 371 g/mol. The quantitative estimate of drug-likeness (QED) is 0.556. The third-order valence-corrected chi connectivity index (χ3v) is 4.69. The van der Waals surface area contributed by atoms with Crippen molar-refractivity contribution in [3.63, 3.8) is 0 Å². The van der Waals surface area contributed by atoms with Gasteiger partial charge in [0.2, 0.25) is 0 Å². The number of carbonyl (C=O) groups excluding carboxylic acids is 1. The number of amides is 1. The number of fused-ring (bicyclic) bond motifs is 1. The van der Waals surface area contributed by atoms with Crippen molar-refractivity contribution in [2.45, 2.75) is 13.2 Å². The lowest BCUT2D eigenvalue weighted by molar-refractivity contribution is 0.0943. The van der Waals surface area contributed by atoms with E-state index in [0.29, 0.717) is 18.8 Å². The number of nitrogens with one attached hydrogen (secondary N) is 1. The van der Waals surface area contributed by atoms with Crippen LogP contribution in [0, 0.1) is 0 Å². The molecule has 0 unspecified atom stereocenters. The highest BCUT2D eigenvalue weighted by Crippen LogP contribution is 2.18. The van der Waals surface area contributed by atoms with Crippen LogP contribution in [0.2, 0.25) is 0 Å². The van der Waals surface area contributed by atoms with Crippen molar-refractivity contribution in [1.29, 1.82) is 0 Å². The Morgan fingerprint density at radius 1 is 1.04 bits per heavy atom. The summed E-state index contributed by atoms with van der Waals surface area (Å²) in [4.78, 5) is 16.6. The molecule has 0 aliphatic heterocycles. The van der Waals surface area contributed by atoms with Gasteiger partial charge >= 0.3 is 0 Å². The van der Waals surface area contributed by atoms with Gasteiger partial charge in [0.1, 0.15) is 18.1 Å². The van der Waals surface area contributed by atoms with Crippen molar-refractivity contribution >= 4 is 16.8 Å². The molecule has 0 fully saturated rings. The molecule has 0 bridgehead atoms. The third kappa shape index (κ3) is 3.88. The summed E-state index contributed by atoms with van der Waals surface area (Å²) >= 11 is 0. The normalized spacial score (nSPS) is 10.8. The maximum atomic E-state index is 12.6. The summed E-state index contributed by atoms with van der Waals surface area (Å²) in [6.45, 7) is 0.939. The molecule has 2 heterocycles. The molecule has 0 spiro atoms. The molecule has 0 aliphatic carbocycles. The summed E-state index contributed by atoms with van der Waals surface area (Å²) in [5, 5.41) is 4.05. The van der Waals surface area contributed by atoms with Crippen LogP contribution < -0.4 is 10.1 Å². The van der Waals surface area contributed by atoms with E-state index in [2.05, 4.69) is 10.3 Å². The van der Waals surface area contributed by atoms with E-state index < -0.39 is 0 Å². The van der Waals surface area contributed by atoms with Crippen molar-refractivity contribution in [3.05, 3.63) is 95.9 Å². The first-order valence-electron chi connectivity index (χ1n) is 9.14. The van der Waals surface area contributed by atoms with E-state index in [4.69, 9.17) is 4.74 Å². The number of pyridine rings is 1. The first-order valence-corrected chi connectivity index (χ1v) is 9.14. The predicted molar refractivity (Wildman–Crippen MR) is 109 cm³/mol. The van der Waals surface area contributed by atoms with Gasteiger partial charge < -0.3 is 14.6 Å². The fraction of sp³-hybridized carbons (Fsp3) is 0.130. The Hall–Kier alpha value is -3.60. The molecule has 0 radical (unpaired) electrons. The molecule has 5 nitrogen and oxygen atoms in total. The molecule has 1 N–H and O–H groups in total. The number of hydrogen-bond donors (Lipinski definition) is 1. The van der Waals surface area contributed by atoms with Gasteiger partial charge in [-0.2, -0.15) is 0 Å². The Kier molecular flexibility index (Phi) is 5.06. The fourth-order valence-electron chi connectivity index (χ4n) is 3.13. The zero-order valence-electron chi connectivity index (χ0n) is 15.6. The number of para-hydroxylation sites is 1. The molecule has 4 rings (SSSR count). The van der Waals surface area contributed by atoms with Gasteiger partial charge in [0.15, 0.2) is 0 Å². The van der Waals surface area contributed by atoms with Crippen LogP contribution in [0.5, 0.6) is 5.75 Å². The van der Waals surface area contributed by atoms with Gasteiger partial charge in [-0.25, -0.2) is 0 Å². The largest absolute Gasteiger partial charge is 0.489 e. The maximum absolute atomic E-state index is 12.6. The minimum absolute atomic E-state index is 0.0874. The molecule has 0 saturated carbocycles. The highest BCUT2D eigenvalue weighted by molar-refractivity contribution is 5.98. The molecule has 1 amide bonds. The summed E-state index contributed by atoms with van der Waals surface area (Å²) in [5.74, 6) is 0.697. The van der Waals surface area contributed by atoms with Crippen LogP contribution in [0.25, 0.3) is 10.9 Å². The van der Waals surface area contributed by atoms with Gasteiger partial charge in [-0.1, -0.05) is 36.4 Å². The van der Waals surface area contributed by atoms with E-state index in [1.54, 1.807) is 12.4 Å². The number of aromatic nitrogens is 2. The second-order valence-electron chi connectivity index (χ2n) is 6.62. The number of benzene rings is 2.